The van der Waals surface area contributed by atoms with Crippen LogP contribution in [-0.4, -0.2) is 7.05 Å². The van der Waals surface area contributed by atoms with E-state index in [2.05, 4.69) is 22.8 Å². The number of halogens is 1. The van der Waals surface area contributed by atoms with Crippen molar-refractivity contribution in [1.29, 1.82) is 0 Å². The van der Waals surface area contributed by atoms with Gasteiger partial charge in [-0.15, -0.1) is 11.3 Å². The van der Waals surface area contributed by atoms with Crippen molar-refractivity contribution < 1.29 is 0 Å². The number of hydrogen-bond acceptors (Lipinski definition) is 3. The normalized spacial score (nSPS) is 10.1. The van der Waals surface area contributed by atoms with Gasteiger partial charge < -0.3 is 10.6 Å². The van der Waals surface area contributed by atoms with Gasteiger partial charge in [0, 0.05) is 19.3 Å². The molecule has 2 aromatic rings. The van der Waals surface area contributed by atoms with E-state index in [0.717, 1.165) is 21.6 Å². The van der Waals surface area contributed by atoms with Crippen molar-refractivity contribution in [3.05, 3.63) is 46.3 Å². The Morgan fingerprint density at radius 1 is 1.25 bits per heavy atom. The fourth-order valence-electron chi connectivity index (χ4n) is 1.44. The van der Waals surface area contributed by atoms with E-state index in [4.69, 9.17) is 11.6 Å². The molecule has 0 unspecified atom stereocenters. The molecule has 84 valence electrons. The van der Waals surface area contributed by atoms with Gasteiger partial charge in [0.2, 0.25) is 0 Å². The average molecular weight is 253 g/mol. The van der Waals surface area contributed by atoms with E-state index in [1.807, 2.05) is 31.3 Å². The summed E-state index contributed by atoms with van der Waals surface area (Å²) < 4.78 is 0.812. The highest BCUT2D eigenvalue weighted by Gasteiger charge is 1.98. The Labute approximate surface area is 104 Å². The molecular weight excluding hydrogens is 240 g/mol. The van der Waals surface area contributed by atoms with E-state index in [1.54, 1.807) is 11.3 Å². The lowest BCUT2D eigenvalue weighted by molar-refractivity contribution is 1.16. The monoisotopic (exact) mass is 252 g/mol. The zero-order valence-corrected chi connectivity index (χ0v) is 10.5. The van der Waals surface area contributed by atoms with E-state index in [-0.39, 0.29) is 0 Å². The molecule has 2 rings (SSSR count). The van der Waals surface area contributed by atoms with Gasteiger partial charge in [0.05, 0.1) is 9.34 Å². The van der Waals surface area contributed by atoms with Gasteiger partial charge in [-0.1, -0.05) is 23.7 Å². The van der Waals surface area contributed by atoms with E-state index < -0.39 is 0 Å². The zero-order chi connectivity index (χ0) is 11.4. The lowest BCUT2D eigenvalue weighted by Gasteiger charge is -2.06. The Bertz CT molecular complexity index is 468. The number of thiophene rings is 1. The van der Waals surface area contributed by atoms with Crippen LogP contribution < -0.4 is 10.6 Å². The molecule has 0 aliphatic rings. The summed E-state index contributed by atoms with van der Waals surface area (Å²) in [5.74, 6) is 0. The molecule has 0 fully saturated rings. The molecule has 1 aromatic heterocycles. The van der Waals surface area contributed by atoms with Crippen LogP contribution in [0, 0.1) is 0 Å². The highest BCUT2D eigenvalue weighted by atomic mass is 35.5. The van der Waals surface area contributed by atoms with Crippen molar-refractivity contribution in [3.8, 4) is 0 Å². The number of anilines is 2. The highest BCUT2D eigenvalue weighted by molar-refractivity contribution is 7.19. The summed E-state index contributed by atoms with van der Waals surface area (Å²) in [6.07, 6.45) is 0. The van der Waals surface area contributed by atoms with Gasteiger partial charge in [0.25, 0.3) is 0 Å². The Hall–Kier alpha value is -1.19. The summed E-state index contributed by atoms with van der Waals surface area (Å²) >= 11 is 7.41. The maximum absolute atomic E-state index is 5.86. The van der Waals surface area contributed by atoms with E-state index in [0.29, 0.717) is 0 Å². The van der Waals surface area contributed by atoms with Crippen molar-refractivity contribution in [2.45, 2.75) is 6.54 Å². The third-order valence-corrected chi connectivity index (χ3v) is 3.44. The molecule has 0 saturated heterocycles. The lowest BCUT2D eigenvalue weighted by Crippen LogP contribution is -1.98. The predicted molar refractivity (Wildman–Crippen MR) is 72.6 cm³/mol. The van der Waals surface area contributed by atoms with Crippen LogP contribution in [0.25, 0.3) is 0 Å². The van der Waals surface area contributed by atoms with Crippen molar-refractivity contribution in [1.82, 2.24) is 0 Å². The first-order valence-corrected chi connectivity index (χ1v) is 6.23. The minimum atomic E-state index is 0.812. The topological polar surface area (TPSA) is 24.1 Å². The maximum atomic E-state index is 5.86. The van der Waals surface area contributed by atoms with Crippen LogP contribution in [0.5, 0.6) is 0 Å². The number of benzene rings is 1. The van der Waals surface area contributed by atoms with Crippen molar-refractivity contribution >= 4 is 33.6 Å². The molecule has 2 nitrogen and oxygen atoms in total. The first kappa shape index (κ1) is 11.3. The minimum absolute atomic E-state index is 0.812. The Kier molecular flexibility index (Phi) is 3.70. The maximum Gasteiger partial charge on any atom is 0.0950 e. The zero-order valence-electron chi connectivity index (χ0n) is 8.96. The summed E-state index contributed by atoms with van der Waals surface area (Å²) in [4.78, 5) is 0. The van der Waals surface area contributed by atoms with Gasteiger partial charge >= 0.3 is 0 Å². The molecule has 4 heteroatoms. The van der Waals surface area contributed by atoms with Crippen molar-refractivity contribution in [2.24, 2.45) is 0 Å². The van der Waals surface area contributed by atoms with Crippen LogP contribution in [0.4, 0.5) is 10.7 Å². The summed E-state index contributed by atoms with van der Waals surface area (Å²) in [7, 11) is 1.92. The third kappa shape index (κ3) is 2.90. The molecule has 0 bridgehead atoms. The van der Waals surface area contributed by atoms with Gasteiger partial charge in [0.1, 0.15) is 0 Å². The fraction of sp³-hybridized carbons (Fsp3) is 0.167. The van der Waals surface area contributed by atoms with E-state index >= 15 is 0 Å². The molecule has 0 aliphatic heterocycles. The molecule has 1 heterocycles. The smallest absolute Gasteiger partial charge is 0.0950 e. The predicted octanol–water partition coefficient (Wildman–Crippen LogP) is 4.06. The Balaban J connectivity index is 1.99. The van der Waals surface area contributed by atoms with E-state index in [1.165, 1.54) is 5.56 Å². The van der Waals surface area contributed by atoms with Gasteiger partial charge in [-0.05, 0) is 29.8 Å². The molecule has 1 aromatic carbocycles. The van der Waals surface area contributed by atoms with Crippen LogP contribution in [0.2, 0.25) is 4.34 Å². The van der Waals surface area contributed by atoms with Crippen molar-refractivity contribution in [2.75, 3.05) is 17.7 Å². The molecular formula is C12H13ClN2S. The van der Waals surface area contributed by atoms with Crippen LogP contribution in [0.3, 0.4) is 0 Å². The number of nitrogens with one attached hydrogen (secondary N) is 2. The van der Waals surface area contributed by atoms with Crippen LogP contribution in [-0.2, 0) is 6.54 Å². The van der Waals surface area contributed by atoms with E-state index in [9.17, 15) is 0 Å². The lowest BCUT2D eigenvalue weighted by atomic mass is 10.2. The molecule has 0 radical (unpaired) electrons. The summed E-state index contributed by atoms with van der Waals surface area (Å²) in [5, 5.41) is 7.56. The number of rotatable bonds is 4. The second-order valence-electron chi connectivity index (χ2n) is 3.41. The van der Waals surface area contributed by atoms with Crippen LogP contribution >= 0.6 is 22.9 Å². The highest BCUT2D eigenvalue weighted by Crippen LogP contribution is 2.26. The third-order valence-electron chi connectivity index (χ3n) is 2.26. The van der Waals surface area contributed by atoms with Crippen LogP contribution in [0.1, 0.15) is 5.56 Å². The molecule has 0 saturated carbocycles. The first-order chi connectivity index (χ1) is 7.78. The van der Waals surface area contributed by atoms with Gasteiger partial charge in [0.15, 0.2) is 0 Å². The number of hydrogen-bond donors (Lipinski definition) is 2. The van der Waals surface area contributed by atoms with Gasteiger partial charge in [-0.3, -0.25) is 0 Å². The molecule has 0 amide bonds. The fourth-order valence-corrected chi connectivity index (χ4v) is 2.37. The average Bonchev–Trinajstić information content (AvgIpc) is 2.73. The standard InChI is InChI=1S/C12H13ClN2S/c1-14-10-4-2-3-9(7-10)8-15-12-6-5-11(13)16-12/h2-7,14-15H,8H2,1H3. The van der Waals surface area contributed by atoms with Gasteiger partial charge in [-0.2, -0.15) is 0 Å². The van der Waals surface area contributed by atoms with Crippen LogP contribution in [0.15, 0.2) is 36.4 Å². The molecule has 0 spiro atoms. The Morgan fingerprint density at radius 3 is 2.81 bits per heavy atom. The summed E-state index contributed by atoms with van der Waals surface area (Å²) in [6.45, 7) is 0.812. The largest absolute Gasteiger partial charge is 0.388 e. The minimum Gasteiger partial charge on any atom is -0.388 e. The molecule has 2 N–H and O–H groups in total. The molecule has 0 aliphatic carbocycles. The molecule has 16 heavy (non-hydrogen) atoms. The van der Waals surface area contributed by atoms with Crippen molar-refractivity contribution in [3.63, 3.8) is 0 Å². The van der Waals surface area contributed by atoms with Gasteiger partial charge in [-0.25, -0.2) is 0 Å². The second kappa shape index (κ2) is 5.23. The summed E-state index contributed by atoms with van der Waals surface area (Å²) in [5.41, 5.74) is 2.37. The quantitative estimate of drug-likeness (QED) is 0.858. The second-order valence-corrected chi connectivity index (χ2v) is 5.12. The SMILES string of the molecule is CNc1cccc(CNc2ccc(Cl)s2)c1. The Morgan fingerprint density at radius 2 is 2.12 bits per heavy atom. The molecule has 0 atom stereocenters. The summed E-state index contributed by atoms with van der Waals surface area (Å²) in [6, 6.07) is 12.2. The first-order valence-electron chi connectivity index (χ1n) is 5.04.